The number of hydrogen-bond donors (Lipinski definition) is 1. The van der Waals surface area contributed by atoms with Crippen LogP contribution in [0, 0.1) is 5.82 Å². The van der Waals surface area contributed by atoms with Crippen LogP contribution in [0.1, 0.15) is 21.5 Å². The molecule has 0 unspecified atom stereocenters. The zero-order valence-electron chi connectivity index (χ0n) is 18.0. The fourth-order valence-corrected chi connectivity index (χ4v) is 3.57. The summed E-state index contributed by atoms with van der Waals surface area (Å²) in [5, 5.41) is 9.21. The van der Waals surface area contributed by atoms with Crippen molar-refractivity contribution in [1.29, 1.82) is 0 Å². The van der Waals surface area contributed by atoms with E-state index < -0.39 is 29.0 Å². The fourth-order valence-electron chi connectivity index (χ4n) is 3.57. The maximum Gasteiger partial charge on any atom is 0.335 e. The van der Waals surface area contributed by atoms with Crippen molar-refractivity contribution in [2.45, 2.75) is 13.0 Å². The molecule has 0 atom stereocenters. The summed E-state index contributed by atoms with van der Waals surface area (Å²) in [6, 6.07) is 15.7. The minimum absolute atomic E-state index is 0.0596. The minimum atomic E-state index is -1.08. The van der Waals surface area contributed by atoms with Gasteiger partial charge < -0.3 is 9.84 Å². The number of hydrogen-bond acceptors (Lipinski definition) is 5. The highest BCUT2D eigenvalue weighted by Gasteiger charge is 2.14. The van der Waals surface area contributed by atoms with Crippen LogP contribution in [0.15, 0.2) is 76.3 Å². The van der Waals surface area contributed by atoms with Crippen molar-refractivity contribution < 1.29 is 23.8 Å². The molecule has 4 rings (SSSR count). The van der Waals surface area contributed by atoms with Gasteiger partial charge in [-0.15, -0.1) is 0 Å². The number of carboxylic acid groups (broad SMARTS) is 1. The Balaban J connectivity index is 1.64. The highest BCUT2D eigenvalue weighted by Crippen LogP contribution is 2.18. The summed E-state index contributed by atoms with van der Waals surface area (Å²) in [4.78, 5) is 49.2. The van der Waals surface area contributed by atoms with E-state index in [1.807, 2.05) is 0 Å². The van der Waals surface area contributed by atoms with Gasteiger partial charge in [-0.1, -0.05) is 24.3 Å². The molecule has 0 radical (unpaired) electrons. The molecule has 0 spiro atoms. The number of aromatic nitrogens is 2. The van der Waals surface area contributed by atoms with Crippen LogP contribution in [0.3, 0.4) is 0 Å². The lowest BCUT2D eigenvalue weighted by atomic mass is 10.1. The average molecular weight is 462 g/mol. The van der Waals surface area contributed by atoms with Gasteiger partial charge in [0.1, 0.15) is 11.6 Å². The Morgan fingerprint density at radius 3 is 2.24 bits per heavy atom. The number of esters is 1. The molecule has 1 aromatic heterocycles. The molecule has 9 heteroatoms. The summed E-state index contributed by atoms with van der Waals surface area (Å²) in [6.07, 6.45) is -0.0812. The lowest BCUT2D eigenvalue weighted by molar-refractivity contribution is -0.133. The number of aromatic carboxylic acids is 1. The van der Waals surface area contributed by atoms with Gasteiger partial charge in [0, 0.05) is 7.05 Å². The first-order chi connectivity index (χ1) is 16.2. The van der Waals surface area contributed by atoms with E-state index in [1.54, 1.807) is 0 Å². The van der Waals surface area contributed by atoms with E-state index in [0.717, 1.165) is 4.57 Å². The summed E-state index contributed by atoms with van der Waals surface area (Å²) in [7, 11) is 1.52. The molecule has 0 saturated carbocycles. The largest absolute Gasteiger partial charge is 0.478 e. The third-order valence-corrected chi connectivity index (χ3v) is 5.36. The summed E-state index contributed by atoms with van der Waals surface area (Å²) in [6.45, 7) is -0.0596. The molecule has 0 aliphatic rings. The number of rotatable bonds is 6. The van der Waals surface area contributed by atoms with Crippen LogP contribution in [-0.4, -0.2) is 26.2 Å². The Kier molecular flexibility index (Phi) is 6.09. The number of halogens is 1. The number of aryl methyl sites for hydroxylation is 1. The van der Waals surface area contributed by atoms with Crippen LogP contribution >= 0.6 is 0 Å². The molecule has 3 aromatic carbocycles. The van der Waals surface area contributed by atoms with E-state index in [-0.39, 0.29) is 29.7 Å². The highest BCUT2D eigenvalue weighted by molar-refractivity contribution is 5.87. The molecule has 4 aromatic rings. The Labute approximate surface area is 192 Å². The van der Waals surface area contributed by atoms with Crippen molar-refractivity contribution in [3.8, 4) is 5.75 Å². The van der Waals surface area contributed by atoms with Crippen LogP contribution in [0.25, 0.3) is 10.9 Å². The monoisotopic (exact) mass is 462 g/mol. The first kappa shape index (κ1) is 22.7. The lowest BCUT2D eigenvalue weighted by Gasteiger charge is -2.12. The van der Waals surface area contributed by atoms with Gasteiger partial charge in [-0.05, 0) is 53.6 Å². The molecule has 0 bridgehead atoms. The van der Waals surface area contributed by atoms with Crippen molar-refractivity contribution >= 4 is 22.8 Å². The number of fused-ring (bicyclic) bond motifs is 1. The summed E-state index contributed by atoms with van der Waals surface area (Å²) in [5.41, 5.74) is 0.495. The van der Waals surface area contributed by atoms with Gasteiger partial charge in [0.05, 0.1) is 29.4 Å². The van der Waals surface area contributed by atoms with Gasteiger partial charge in [0.15, 0.2) is 0 Å². The van der Waals surface area contributed by atoms with Gasteiger partial charge in [-0.2, -0.15) is 0 Å². The minimum Gasteiger partial charge on any atom is -0.478 e. The summed E-state index contributed by atoms with van der Waals surface area (Å²) in [5.74, 6) is -1.94. The molecule has 0 aliphatic carbocycles. The van der Waals surface area contributed by atoms with Crippen molar-refractivity contribution in [3.05, 3.63) is 110 Å². The van der Waals surface area contributed by atoms with E-state index in [0.29, 0.717) is 16.6 Å². The molecule has 172 valence electrons. The molecular formula is C25H19FN2O6. The highest BCUT2D eigenvalue weighted by atomic mass is 19.1. The number of carbonyl (C=O) groups is 2. The van der Waals surface area contributed by atoms with Gasteiger partial charge in [-0.3, -0.25) is 18.7 Å². The Morgan fingerprint density at radius 2 is 1.59 bits per heavy atom. The zero-order chi connectivity index (χ0) is 24.4. The Bertz CT molecular complexity index is 1520. The standard InChI is InChI=1S/C25H19FN2O6/c1-27-21-11-10-19(34-22(29)12-15-4-8-18(26)9-5-15)13-20(21)23(30)28(25(27)33)14-16-2-6-17(7-3-16)24(31)32/h2-11,13H,12,14H2,1H3,(H,31,32). The molecule has 1 N–H and O–H groups in total. The zero-order valence-corrected chi connectivity index (χ0v) is 18.0. The molecule has 34 heavy (non-hydrogen) atoms. The van der Waals surface area contributed by atoms with E-state index in [9.17, 15) is 23.6 Å². The number of ether oxygens (including phenoxy) is 1. The van der Waals surface area contributed by atoms with Crippen LogP contribution in [0.5, 0.6) is 5.75 Å². The summed E-state index contributed by atoms with van der Waals surface area (Å²) < 4.78 is 20.7. The smallest absolute Gasteiger partial charge is 0.335 e. The molecule has 0 fully saturated rings. The second kappa shape index (κ2) is 9.14. The topological polar surface area (TPSA) is 108 Å². The van der Waals surface area contributed by atoms with Crippen molar-refractivity contribution in [3.63, 3.8) is 0 Å². The molecule has 1 heterocycles. The number of nitrogens with zero attached hydrogens (tertiary/aromatic N) is 2. The third-order valence-electron chi connectivity index (χ3n) is 5.36. The third kappa shape index (κ3) is 4.63. The Morgan fingerprint density at radius 1 is 0.941 bits per heavy atom. The number of benzene rings is 3. The predicted molar refractivity (Wildman–Crippen MR) is 122 cm³/mol. The second-order valence-electron chi connectivity index (χ2n) is 7.69. The number of carbonyl (C=O) groups excluding carboxylic acids is 1. The summed E-state index contributed by atoms with van der Waals surface area (Å²) >= 11 is 0. The molecular weight excluding hydrogens is 443 g/mol. The molecule has 8 nitrogen and oxygen atoms in total. The van der Waals surface area contributed by atoms with Crippen LogP contribution < -0.4 is 16.0 Å². The quantitative estimate of drug-likeness (QED) is 0.349. The fraction of sp³-hybridized carbons (Fsp3) is 0.120. The molecule has 0 aliphatic heterocycles. The van der Waals surface area contributed by atoms with E-state index in [1.165, 1.54) is 78.3 Å². The van der Waals surface area contributed by atoms with Gasteiger partial charge in [0.2, 0.25) is 0 Å². The Hall–Kier alpha value is -4.53. The van der Waals surface area contributed by atoms with E-state index in [2.05, 4.69) is 0 Å². The van der Waals surface area contributed by atoms with Gasteiger partial charge >= 0.3 is 17.6 Å². The van der Waals surface area contributed by atoms with Crippen LogP contribution in [0.2, 0.25) is 0 Å². The van der Waals surface area contributed by atoms with E-state index >= 15 is 0 Å². The maximum atomic E-state index is 13.1. The normalized spacial score (nSPS) is 10.9. The van der Waals surface area contributed by atoms with Crippen LogP contribution in [-0.2, 0) is 24.8 Å². The molecule has 0 amide bonds. The SMILES string of the molecule is Cn1c(=O)n(Cc2ccc(C(=O)O)cc2)c(=O)c2cc(OC(=O)Cc3ccc(F)cc3)ccc21. The van der Waals surface area contributed by atoms with Crippen molar-refractivity contribution in [2.75, 3.05) is 0 Å². The van der Waals surface area contributed by atoms with Gasteiger partial charge in [0.25, 0.3) is 5.56 Å². The van der Waals surface area contributed by atoms with Crippen molar-refractivity contribution in [2.24, 2.45) is 7.05 Å². The second-order valence-corrected chi connectivity index (χ2v) is 7.69. The van der Waals surface area contributed by atoms with E-state index in [4.69, 9.17) is 9.84 Å². The average Bonchev–Trinajstić information content (AvgIpc) is 2.82. The van der Waals surface area contributed by atoms with Crippen LogP contribution in [0.4, 0.5) is 4.39 Å². The molecule has 0 saturated heterocycles. The number of carboxylic acids is 1. The lowest BCUT2D eigenvalue weighted by Crippen LogP contribution is -2.39. The maximum absolute atomic E-state index is 13.1. The predicted octanol–water partition coefficient (Wildman–Crippen LogP) is 2.73. The van der Waals surface area contributed by atoms with Gasteiger partial charge in [-0.25, -0.2) is 14.0 Å². The first-order valence-corrected chi connectivity index (χ1v) is 10.2. The van der Waals surface area contributed by atoms with Crippen molar-refractivity contribution in [1.82, 2.24) is 9.13 Å². The first-order valence-electron chi connectivity index (χ1n) is 10.2.